The van der Waals surface area contributed by atoms with Crippen molar-refractivity contribution >= 4 is 5.78 Å². The van der Waals surface area contributed by atoms with Crippen LogP contribution in [0.5, 0.6) is 0 Å². The van der Waals surface area contributed by atoms with E-state index in [1.54, 1.807) is 0 Å². The average Bonchev–Trinajstić information content (AvgIpc) is 2.28. The number of rotatable bonds is 4. The number of carbonyl (C=O) groups is 1. The molecule has 0 radical (unpaired) electrons. The van der Waals surface area contributed by atoms with Gasteiger partial charge >= 0.3 is 0 Å². The fourth-order valence-corrected chi connectivity index (χ4v) is 2.57. The molecular formula is C13H21NO. The molecule has 0 bridgehead atoms. The van der Waals surface area contributed by atoms with Gasteiger partial charge in [-0.3, -0.25) is 4.79 Å². The number of hydrogen-bond donors (Lipinski definition) is 1. The number of hydrogen-bond acceptors (Lipinski definition) is 2. The van der Waals surface area contributed by atoms with Crippen LogP contribution in [0, 0.1) is 24.2 Å². The smallest absolute Gasteiger partial charge is 0.153 e. The largest absolute Gasteiger partial charge is 0.321 e. The van der Waals surface area contributed by atoms with Crippen LogP contribution in [0.3, 0.4) is 0 Å². The molecule has 0 spiro atoms. The molecule has 0 aromatic heterocycles. The molecule has 1 aliphatic carbocycles. The molecule has 15 heavy (non-hydrogen) atoms. The molecular weight excluding hydrogens is 186 g/mol. The Labute approximate surface area is 92.6 Å². The van der Waals surface area contributed by atoms with Crippen LogP contribution < -0.4 is 5.73 Å². The topological polar surface area (TPSA) is 43.1 Å². The average molecular weight is 207 g/mol. The zero-order chi connectivity index (χ0) is 11.3. The zero-order valence-electron chi connectivity index (χ0n) is 9.54. The van der Waals surface area contributed by atoms with Crippen LogP contribution in [-0.2, 0) is 4.79 Å². The number of Topliss-reactive ketones (excluding diaryl/α,β-unsaturated/α-hetero) is 1. The minimum Gasteiger partial charge on any atom is -0.321 e. The van der Waals surface area contributed by atoms with E-state index in [1.165, 1.54) is 12.8 Å². The van der Waals surface area contributed by atoms with Gasteiger partial charge < -0.3 is 5.73 Å². The molecule has 0 heterocycles. The lowest BCUT2D eigenvalue weighted by Gasteiger charge is -2.31. The Hall–Kier alpha value is -0.810. The summed E-state index contributed by atoms with van der Waals surface area (Å²) in [6.07, 6.45) is 11.2. The van der Waals surface area contributed by atoms with Crippen LogP contribution in [0.25, 0.3) is 0 Å². The second kappa shape index (κ2) is 5.92. The fourth-order valence-electron chi connectivity index (χ4n) is 2.57. The second-order valence-electron chi connectivity index (χ2n) is 4.48. The van der Waals surface area contributed by atoms with Crippen LogP contribution in [0.2, 0.25) is 0 Å². The molecule has 1 saturated carbocycles. The van der Waals surface area contributed by atoms with Crippen LogP contribution in [0.1, 0.15) is 45.4 Å². The summed E-state index contributed by atoms with van der Waals surface area (Å²) in [5.74, 6) is 3.38. The van der Waals surface area contributed by atoms with Crippen molar-refractivity contribution in [2.24, 2.45) is 17.6 Å². The van der Waals surface area contributed by atoms with Gasteiger partial charge in [0, 0.05) is 12.3 Å². The first-order valence-corrected chi connectivity index (χ1v) is 5.93. The van der Waals surface area contributed by atoms with Gasteiger partial charge in [0.05, 0.1) is 6.04 Å². The van der Waals surface area contributed by atoms with Crippen LogP contribution in [0.15, 0.2) is 0 Å². The summed E-state index contributed by atoms with van der Waals surface area (Å²) in [5, 5.41) is 0. The van der Waals surface area contributed by atoms with E-state index in [1.807, 2.05) is 0 Å². The maximum Gasteiger partial charge on any atom is 0.153 e. The Morgan fingerprint density at radius 2 is 2.20 bits per heavy atom. The van der Waals surface area contributed by atoms with E-state index >= 15 is 0 Å². The quantitative estimate of drug-likeness (QED) is 0.718. The zero-order valence-corrected chi connectivity index (χ0v) is 9.54. The van der Waals surface area contributed by atoms with Crippen molar-refractivity contribution < 1.29 is 4.79 Å². The number of terminal acetylenes is 1. The molecule has 1 rings (SSSR count). The van der Waals surface area contributed by atoms with Crippen molar-refractivity contribution in [1.29, 1.82) is 0 Å². The number of carbonyl (C=O) groups excluding carboxylic acids is 1. The monoisotopic (exact) mass is 207 g/mol. The maximum absolute atomic E-state index is 12.0. The molecule has 0 aromatic rings. The fraction of sp³-hybridized carbons (Fsp3) is 0.769. The van der Waals surface area contributed by atoms with Gasteiger partial charge in [0.25, 0.3) is 0 Å². The normalized spacial score (nSPS) is 28.1. The lowest BCUT2D eigenvalue weighted by Crippen LogP contribution is -2.39. The van der Waals surface area contributed by atoms with Gasteiger partial charge in [-0.05, 0) is 18.8 Å². The molecule has 0 aromatic carbocycles. The molecule has 0 amide bonds. The summed E-state index contributed by atoms with van der Waals surface area (Å²) in [4.78, 5) is 12.0. The minimum absolute atomic E-state index is 0.173. The molecule has 84 valence electrons. The van der Waals surface area contributed by atoms with E-state index in [-0.39, 0.29) is 11.7 Å². The first-order chi connectivity index (χ1) is 7.20. The molecule has 3 atom stereocenters. The van der Waals surface area contributed by atoms with Crippen molar-refractivity contribution in [3.63, 3.8) is 0 Å². The Bertz CT molecular complexity index is 254. The molecule has 1 aliphatic rings. The maximum atomic E-state index is 12.0. The summed E-state index contributed by atoms with van der Waals surface area (Å²) in [6, 6.07) is -0.438. The third kappa shape index (κ3) is 3.07. The molecule has 2 heteroatoms. The number of ketones is 1. The van der Waals surface area contributed by atoms with Gasteiger partial charge in [-0.2, -0.15) is 0 Å². The van der Waals surface area contributed by atoms with Crippen molar-refractivity contribution in [2.75, 3.05) is 0 Å². The summed E-state index contributed by atoms with van der Waals surface area (Å²) < 4.78 is 0. The van der Waals surface area contributed by atoms with Crippen molar-refractivity contribution in [3.05, 3.63) is 0 Å². The van der Waals surface area contributed by atoms with Gasteiger partial charge in [0.2, 0.25) is 0 Å². The Morgan fingerprint density at radius 1 is 1.53 bits per heavy atom. The molecule has 1 fully saturated rings. The highest BCUT2D eigenvalue weighted by Crippen LogP contribution is 2.33. The van der Waals surface area contributed by atoms with Gasteiger partial charge in [0.1, 0.15) is 0 Å². The molecule has 0 aliphatic heterocycles. The molecule has 2 N–H and O–H groups in total. The van der Waals surface area contributed by atoms with E-state index in [2.05, 4.69) is 12.8 Å². The van der Waals surface area contributed by atoms with Gasteiger partial charge in [0.15, 0.2) is 5.78 Å². The SMILES string of the molecule is C#CCC(N)C(=O)C1CCCCC1CC. The summed E-state index contributed by atoms with van der Waals surface area (Å²) in [5.41, 5.74) is 5.78. The molecule has 2 nitrogen and oxygen atoms in total. The van der Waals surface area contributed by atoms with E-state index in [4.69, 9.17) is 12.2 Å². The van der Waals surface area contributed by atoms with Crippen molar-refractivity contribution in [1.82, 2.24) is 0 Å². The number of nitrogens with two attached hydrogens (primary N) is 1. The lowest BCUT2D eigenvalue weighted by molar-refractivity contribution is -0.126. The van der Waals surface area contributed by atoms with Crippen LogP contribution >= 0.6 is 0 Å². The predicted octanol–water partition coefficient (Wildman–Crippen LogP) is 2.12. The summed E-state index contributed by atoms with van der Waals surface area (Å²) in [6.45, 7) is 2.16. The van der Waals surface area contributed by atoms with Crippen molar-refractivity contribution in [3.8, 4) is 12.3 Å². The van der Waals surface area contributed by atoms with Gasteiger partial charge in [-0.25, -0.2) is 0 Å². The summed E-state index contributed by atoms with van der Waals surface area (Å²) in [7, 11) is 0. The second-order valence-corrected chi connectivity index (χ2v) is 4.48. The Morgan fingerprint density at radius 3 is 2.80 bits per heavy atom. The van der Waals surface area contributed by atoms with E-state index in [0.29, 0.717) is 12.3 Å². The van der Waals surface area contributed by atoms with E-state index in [0.717, 1.165) is 19.3 Å². The van der Waals surface area contributed by atoms with Crippen molar-refractivity contribution in [2.45, 2.75) is 51.5 Å². The summed E-state index contributed by atoms with van der Waals surface area (Å²) >= 11 is 0. The molecule has 0 saturated heterocycles. The highest BCUT2D eigenvalue weighted by molar-refractivity contribution is 5.86. The van der Waals surface area contributed by atoms with E-state index < -0.39 is 6.04 Å². The lowest BCUT2D eigenvalue weighted by atomic mass is 9.74. The standard InChI is InChI=1S/C13H21NO/c1-3-7-12(14)13(15)11-9-6-5-8-10(11)4-2/h1,10-12H,4-9,14H2,2H3. The van der Waals surface area contributed by atoms with E-state index in [9.17, 15) is 4.79 Å². The highest BCUT2D eigenvalue weighted by Gasteiger charge is 2.31. The minimum atomic E-state index is -0.438. The first kappa shape index (κ1) is 12.3. The Kier molecular flexibility index (Phi) is 4.84. The highest BCUT2D eigenvalue weighted by atomic mass is 16.1. The predicted molar refractivity (Wildman–Crippen MR) is 62.2 cm³/mol. The third-order valence-corrected chi connectivity index (χ3v) is 3.50. The first-order valence-electron chi connectivity index (χ1n) is 5.93. The van der Waals surface area contributed by atoms with Crippen LogP contribution in [-0.4, -0.2) is 11.8 Å². The van der Waals surface area contributed by atoms with Gasteiger partial charge in [-0.1, -0.05) is 26.2 Å². The van der Waals surface area contributed by atoms with Gasteiger partial charge in [-0.15, -0.1) is 12.3 Å². The Balaban J connectivity index is 2.59. The third-order valence-electron chi connectivity index (χ3n) is 3.50. The van der Waals surface area contributed by atoms with Crippen LogP contribution in [0.4, 0.5) is 0 Å². The molecule has 3 unspecified atom stereocenters.